The molecular weight excluding hydrogens is 90.1 g/mol. The van der Waals surface area contributed by atoms with E-state index >= 15 is 0 Å². The van der Waals surface area contributed by atoms with Crippen molar-refractivity contribution in [1.29, 1.82) is 0 Å². The summed E-state index contributed by atoms with van der Waals surface area (Å²) < 4.78 is 5.18. The number of ether oxygens (including phenoxy) is 1. The van der Waals surface area contributed by atoms with Crippen molar-refractivity contribution in [2.45, 2.75) is 18.6 Å². The molecular formula is C5H8NO. The van der Waals surface area contributed by atoms with Crippen LogP contribution in [-0.4, -0.2) is 25.3 Å². The fraction of sp³-hybridized carbons (Fsp3) is 1.00. The lowest BCUT2D eigenvalue weighted by Crippen LogP contribution is -2.21. The maximum atomic E-state index is 5.18. The molecule has 2 heterocycles. The summed E-state index contributed by atoms with van der Waals surface area (Å²) in [6.07, 6.45) is 2.32. The SMILES string of the molecule is C1CC2OC2C[N]1. The molecule has 0 spiro atoms. The molecule has 39 valence electrons. The summed E-state index contributed by atoms with van der Waals surface area (Å²) in [4.78, 5) is 0. The normalized spacial score (nSPS) is 48.0. The van der Waals surface area contributed by atoms with E-state index in [9.17, 15) is 0 Å². The minimum atomic E-state index is 0.536. The van der Waals surface area contributed by atoms with Gasteiger partial charge in [-0.3, -0.25) is 0 Å². The topological polar surface area (TPSA) is 26.6 Å². The molecule has 2 aliphatic rings. The number of hydrogen-bond donors (Lipinski definition) is 0. The summed E-state index contributed by atoms with van der Waals surface area (Å²) >= 11 is 0. The van der Waals surface area contributed by atoms with Gasteiger partial charge in [0, 0.05) is 13.1 Å². The molecule has 2 unspecified atom stereocenters. The van der Waals surface area contributed by atoms with Gasteiger partial charge in [-0.05, 0) is 6.42 Å². The number of piperidine rings is 1. The Hall–Kier alpha value is -0.0800. The summed E-state index contributed by atoms with van der Waals surface area (Å²) in [5.74, 6) is 0. The van der Waals surface area contributed by atoms with Gasteiger partial charge in [0.25, 0.3) is 0 Å². The van der Waals surface area contributed by atoms with E-state index in [0.29, 0.717) is 12.2 Å². The van der Waals surface area contributed by atoms with Crippen LogP contribution in [0.4, 0.5) is 0 Å². The van der Waals surface area contributed by atoms with Crippen molar-refractivity contribution in [3.63, 3.8) is 0 Å². The van der Waals surface area contributed by atoms with Crippen LogP contribution < -0.4 is 5.32 Å². The maximum Gasteiger partial charge on any atom is 0.0983 e. The summed E-state index contributed by atoms with van der Waals surface area (Å²) in [5.41, 5.74) is 0. The molecule has 0 bridgehead atoms. The first-order chi connectivity index (χ1) is 3.47. The van der Waals surface area contributed by atoms with E-state index in [0.717, 1.165) is 13.1 Å². The fourth-order valence-electron chi connectivity index (χ4n) is 1.03. The second-order valence-electron chi connectivity index (χ2n) is 2.13. The summed E-state index contributed by atoms with van der Waals surface area (Å²) in [7, 11) is 0. The van der Waals surface area contributed by atoms with Crippen molar-refractivity contribution in [2.24, 2.45) is 0 Å². The van der Waals surface area contributed by atoms with Crippen molar-refractivity contribution < 1.29 is 4.74 Å². The third-order valence-corrected chi connectivity index (χ3v) is 1.57. The Morgan fingerprint density at radius 1 is 1.43 bits per heavy atom. The van der Waals surface area contributed by atoms with Gasteiger partial charge >= 0.3 is 0 Å². The average molecular weight is 98.1 g/mol. The molecule has 2 rings (SSSR count). The van der Waals surface area contributed by atoms with E-state index in [1.807, 2.05) is 0 Å². The first-order valence-electron chi connectivity index (χ1n) is 2.75. The number of rotatable bonds is 0. The first-order valence-corrected chi connectivity index (χ1v) is 2.75. The smallest absolute Gasteiger partial charge is 0.0983 e. The van der Waals surface area contributed by atoms with Gasteiger partial charge in [0.2, 0.25) is 0 Å². The second kappa shape index (κ2) is 1.20. The second-order valence-corrected chi connectivity index (χ2v) is 2.13. The van der Waals surface area contributed by atoms with Gasteiger partial charge < -0.3 is 4.74 Å². The van der Waals surface area contributed by atoms with E-state index in [2.05, 4.69) is 5.32 Å². The maximum absolute atomic E-state index is 5.18. The molecule has 2 saturated heterocycles. The average Bonchev–Trinajstić information content (AvgIpc) is 2.41. The Kier molecular flexibility index (Phi) is 0.664. The lowest BCUT2D eigenvalue weighted by molar-refractivity contribution is 0.379. The molecule has 0 amide bonds. The number of hydrogen-bond acceptors (Lipinski definition) is 1. The molecule has 0 N–H and O–H groups in total. The third kappa shape index (κ3) is 0.545. The molecule has 2 aliphatic heterocycles. The van der Waals surface area contributed by atoms with Crippen LogP contribution in [0.25, 0.3) is 0 Å². The highest BCUT2D eigenvalue weighted by Gasteiger charge is 2.40. The zero-order chi connectivity index (χ0) is 4.69. The molecule has 0 aromatic carbocycles. The minimum Gasteiger partial charge on any atom is -0.368 e. The summed E-state index contributed by atoms with van der Waals surface area (Å²) in [6.45, 7) is 1.99. The van der Waals surface area contributed by atoms with Crippen LogP contribution in [-0.2, 0) is 4.74 Å². The first kappa shape index (κ1) is 3.87. The van der Waals surface area contributed by atoms with Gasteiger partial charge in [0.05, 0.1) is 12.2 Å². The number of fused-ring (bicyclic) bond motifs is 1. The molecule has 7 heavy (non-hydrogen) atoms. The minimum absolute atomic E-state index is 0.536. The van der Waals surface area contributed by atoms with Crippen LogP contribution >= 0.6 is 0 Å². The summed E-state index contributed by atoms with van der Waals surface area (Å²) in [5, 5.41) is 4.17. The van der Waals surface area contributed by atoms with Crippen molar-refractivity contribution >= 4 is 0 Å². The van der Waals surface area contributed by atoms with Crippen molar-refractivity contribution in [1.82, 2.24) is 5.32 Å². The van der Waals surface area contributed by atoms with Crippen LogP contribution in [0, 0.1) is 0 Å². The molecule has 2 fully saturated rings. The summed E-state index contributed by atoms with van der Waals surface area (Å²) in [6, 6.07) is 0. The largest absolute Gasteiger partial charge is 0.368 e. The molecule has 2 nitrogen and oxygen atoms in total. The van der Waals surface area contributed by atoms with Crippen LogP contribution in [0.2, 0.25) is 0 Å². The quantitative estimate of drug-likeness (QED) is 0.384. The molecule has 2 heteroatoms. The van der Waals surface area contributed by atoms with Gasteiger partial charge in [0.1, 0.15) is 0 Å². The van der Waals surface area contributed by atoms with Crippen molar-refractivity contribution in [3.8, 4) is 0 Å². The van der Waals surface area contributed by atoms with Gasteiger partial charge in [-0.2, -0.15) is 0 Å². The van der Waals surface area contributed by atoms with Crippen LogP contribution in [0.15, 0.2) is 0 Å². The van der Waals surface area contributed by atoms with Gasteiger partial charge in [-0.25, -0.2) is 5.32 Å². The highest BCUT2D eigenvalue weighted by atomic mass is 16.6. The molecule has 0 aliphatic carbocycles. The predicted molar refractivity (Wildman–Crippen MR) is 25.1 cm³/mol. The monoisotopic (exact) mass is 98.1 g/mol. The van der Waals surface area contributed by atoms with Gasteiger partial charge in [-0.1, -0.05) is 0 Å². The Morgan fingerprint density at radius 3 is 3.00 bits per heavy atom. The van der Waals surface area contributed by atoms with E-state index in [1.165, 1.54) is 6.42 Å². The van der Waals surface area contributed by atoms with E-state index in [-0.39, 0.29) is 0 Å². The van der Waals surface area contributed by atoms with Crippen LogP contribution in [0.1, 0.15) is 6.42 Å². The van der Waals surface area contributed by atoms with E-state index in [1.54, 1.807) is 0 Å². The third-order valence-electron chi connectivity index (χ3n) is 1.57. The molecule has 1 radical (unpaired) electrons. The zero-order valence-corrected chi connectivity index (χ0v) is 4.13. The zero-order valence-electron chi connectivity index (χ0n) is 4.13. The van der Waals surface area contributed by atoms with Crippen LogP contribution in [0.5, 0.6) is 0 Å². The highest BCUT2D eigenvalue weighted by Crippen LogP contribution is 2.26. The number of nitrogens with zero attached hydrogens (tertiary/aromatic N) is 1. The van der Waals surface area contributed by atoms with E-state index < -0.39 is 0 Å². The Balaban J connectivity index is 1.95. The Bertz CT molecular complexity index is 74.1. The Morgan fingerprint density at radius 2 is 2.43 bits per heavy atom. The fourth-order valence-corrected chi connectivity index (χ4v) is 1.03. The lowest BCUT2D eigenvalue weighted by Gasteiger charge is -2.01. The van der Waals surface area contributed by atoms with E-state index in [4.69, 9.17) is 4.74 Å². The molecule has 2 atom stereocenters. The van der Waals surface area contributed by atoms with Crippen LogP contribution in [0.3, 0.4) is 0 Å². The van der Waals surface area contributed by atoms with Crippen molar-refractivity contribution in [2.75, 3.05) is 13.1 Å². The number of epoxide rings is 1. The molecule has 0 saturated carbocycles. The lowest BCUT2D eigenvalue weighted by atomic mass is 10.2. The molecule has 0 aromatic heterocycles. The highest BCUT2D eigenvalue weighted by molar-refractivity contribution is 4.90. The predicted octanol–water partition coefficient (Wildman–Crippen LogP) is -0.238. The van der Waals surface area contributed by atoms with Crippen molar-refractivity contribution in [3.05, 3.63) is 0 Å². The van der Waals surface area contributed by atoms with Gasteiger partial charge in [0.15, 0.2) is 0 Å². The molecule has 0 aromatic rings. The van der Waals surface area contributed by atoms with Gasteiger partial charge in [-0.15, -0.1) is 0 Å². The standard InChI is InChI=1S/C5H8NO/c1-2-6-3-5-4(1)7-5/h4-5H,1-3H2. The Labute approximate surface area is 42.9 Å².